The number of benzene rings is 1. The maximum absolute atomic E-state index is 4.08. The second-order valence-corrected chi connectivity index (χ2v) is 3.60. The molecule has 1 aromatic heterocycles. The van der Waals surface area contributed by atoms with Gasteiger partial charge in [-0.25, -0.2) is 0 Å². The smallest absolute Gasteiger partial charge is 0.0482 e. The maximum atomic E-state index is 4.08. The summed E-state index contributed by atoms with van der Waals surface area (Å²) in [5.41, 5.74) is 3.72. The fraction of sp³-hybridized carbons (Fsp3) is 0.231. The second kappa shape index (κ2) is 3.33. The molecule has 0 N–H and O–H groups in total. The zero-order chi connectivity index (χ0) is 10.1. The zero-order valence-electron chi connectivity index (χ0n) is 8.75. The first kappa shape index (κ1) is 9.07. The third-order valence-corrected chi connectivity index (χ3v) is 2.74. The molecule has 72 valence electrons. The summed E-state index contributed by atoms with van der Waals surface area (Å²) in [6.45, 7) is 6.22. The third-order valence-electron chi connectivity index (χ3n) is 2.74. The normalized spacial score (nSPS) is 10.7. The van der Waals surface area contributed by atoms with Gasteiger partial charge in [0, 0.05) is 23.6 Å². The molecule has 1 nitrogen and oxygen atoms in total. The molecule has 0 spiro atoms. The summed E-state index contributed by atoms with van der Waals surface area (Å²) >= 11 is 0. The van der Waals surface area contributed by atoms with Crippen molar-refractivity contribution in [2.75, 3.05) is 0 Å². The third kappa shape index (κ3) is 1.25. The molecule has 1 heteroatoms. The Morgan fingerprint density at radius 3 is 2.71 bits per heavy atom. The van der Waals surface area contributed by atoms with E-state index in [1.807, 2.05) is 0 Å². The predicted molar refractivity (Wildman–Crippen MR) is 62.2 cm³/mol. The molecular weight excluding hydrogens is 170 g/mol. The first-order chi connectivity index (χ1) is 6.74. The van der Waals surface area contributed by atoms with Crippen molar-refractivity contribution in [3.8, 4) is 0 Å². The van der Waals surface area contributed by atoms with Crippen LogP contribution in [-0.4, -0.2) is 4.57 Å². The summed E-state index contributed by atoms with van der Waals surface area (Å²) in [4.78, 5) is 0. The van der Waals surface area contributed by atoms with E-state index >= 15 is 0 Å². The monoisotopic (exact) mass is 185 g/mol. The predicted octanol–water partition coefficient (Wildman–Crippen LogP) is 3.60. The Kier molecular flexibility index (Phi) is 2.16. The summed E-state index contributed by atoms with van der Waals surface area (Å²) in [6.07, 6.45) is 1.00. The van der Waals surface area contributed by atoms with Crippen molar-refractivity contribution in [2.45, 2.75) is 13.3 Å². The highest BCUT2D eigenvalue weighted by Gasteiger charge is 2.05. The molecule has 1 heterocycles. The number of aryl methyl sites for hydroxylation is 1. The summed E-state index contributed by atoms with van der Waals surface area (Å²) in [5.74, 6) is 0. The number of hydrogen-bond acceptors (Lipinski definition) is 0. The van der Waals surface area contributed by atoms with E-state index in [0.717, 1.165) is 6.42 Å². The van der Waals surface area contributed by atoms with E-state index in [4.69, 9.17) is 0 Å². The van der Waals surface area contributed by atoms with E-state index in [0.29, 0.717) is 0 Å². The summed E-state index contributed by atoms with van der Waals surface area (Å²) < 4.78 is 2.21. The molecule has 0 fully saturated rings. The number of allylic oxidation sites excluding steroid dienone is 1. The summed E-state index contributed by atoms with van der Waals surface area (Å²) in [7, 11) is 2.10. The minimum absolute atomic E-state index is 1.00. The van der Waals surface area contributed by atoms with Crippen molar-refractivity contribution in [2.24, 2.45) is 7.05 Å². The molecule has 0 saturated carbocycles. The van der Waals surface area contributed by atoms with Crippen LogP contribution in [0.2, 0.25) is 0 Å². The highest BCUT2D eigenvalue weighted by molar-refractivity contribution is 5.85. The van der Waals surface area contributed by atoms with Crippen molar-refractivity contribution < 1.29 is 0 Å². The SMILES string of the molecule is C=C(CC)c1cc2ccccc2n1C. The van der Waals surface area contributed by atoms with Gasteiger partial charge in [0.25, 0.3) is 0 Å². The molecule has 0 amide bonds. The van der Waals surface area contributed by atoms with E-state index in [1.165, 1.54) is 22.2 Å². The highest BCUT2D eigenvalue weighted by Crippen LogP contribution is 2.24. The average molecular weight is 185 g/mol. The van der Waals surface area contributed by atoms with Crippen LogP contribution in [0.5, 0.6) is 0 Å². The lowest BCUT2D eigenvalue weighted by Gasteiger charge is -2.04. The number of aromatic nitrogens is 1. The van der Waals surface area contributed by atoms with Gasteiger partial charge in [-0.3, -0.25) is 0 Å². The Balaban J connectivity index is 2.68. The largest absolute Gasteiger partial charge is 0.344 e. The van der Waals surface area contributed by atoms with Crippen molar-refractivity contribution in [1.29, 1.82) is 0 Å². The van der Waals surface area contributed by atoms with Crippen molar-refractivity contribution in [3.05, 3.63) is 42.6 Å². The van der Waals surface area contributed by atoms with E-state index in [1.54, 1.807) is 0 Å². The molecule has 0 saturated heterocycles. The van der Waals surface area contributed by atoms with Crippen LogP contribution < -0.4 is 0 Å². The van der Waals surface area contributed by atoms with Crippen LogP contribution in [0.15, 0.2) is 36.9 Å². The molecule has 0 atom stereocenters. The highest BCUT2D eigenvalue weighted by atomic mass is 14.9. The van der Waals surface area contributed by atoms with Crippen molar-refractivity contribution in [3.63, 3.8) is 0 Å². The molecule has 2 aromatic rings. The minimum atomic E-state index is 1.00. The quantitative estimate of drug-likeness (QED) is 0.673. The molecule has 0 radical (unpaired) electrons. The van der Waals surface area contributed by atoms with Gasteiger partial charge in [-0.05, 0) is 24.1 Å². The van der Waals surface area contributed by atoms with Gasteiger partial charge in [-0.15, -0.1) is 0 Å². The Bertz CT molecular complexity index is 477. The van der Waals surface area contributed by atoms with Crippen LogP contribution >= 0.6 is 0 Å². The molecule has 1 aromatic carbocycles. The van der Waals surface area contributed by atoms with Gasteiger partial charge in [0.15, 0.2) is 0 Å². The molecule has 0 aliphatic heterocycles. The van der Waals surface area contributed by atoms with Crippen LogP contribution in [0.4, 0.5) is 0 Å². The number of rotatable bonds is 2. The molecule has 0 aliphatic carbocycles. The van der Waals surface area contributed by atoms with Crippen molar-refractivity contribution in [1.82, 2.24) is 4.57 Å². The topological polar surface area (TPSA) is 4.93 Å². The summed E-state index contributed by atoms with van der Waals surface area (Å²) in [5, 5.41) is 1.29. The molecule has 0 unspecified atom stereocenters. The summed E-state index contributed by atoms with van der Waals surface area (Å²) in [6, 6.07) is 10.6. The lowest BCUT2D eigenvalue weighted by atomic mass is 10.1. The number of para-hydroxylation sites is 1. The van der Waals surface area contributed by atoms with Gasteiger partial charge in [0.1, 0.15) is 0 Å². The van der Waals surface area contributed by atoms with Gasteiger partial charge < -0.3 is 4.57 Å². The number of hydrogen-bond donors (Lipinski definition) is 0. The van der Waals surface area contributed by atoms with Crippen LogP contribution in [0.25, 0.3) is 16.5 Å². The number of fused-ring (bicyclic) bond motifs is 1. The van der Waals surface area contributed by atoms with Crippen molar-refractivity contribution >= 4 is 16.5 Å². The Hall–Kier alpha value is -1.50. The average Bonchev–Trinajstić information content (AvgIpc) is 2.56. The molecule has 0 aliphatic rings. The molecule has 2 rings (SSSR count). The lowest BCUT2D eigenvalue weighted by molar-refractivity contribution is 0.938. The second-order valence-electron chi connectivity index (χ2n) is 3.60. The van der Waals surface area contributed by atoms with E-state index in [2.05, 4.69) is 55.4 Å². The van der Waals surface area contributed by atoms with Crippen LogP contribution in [-0.2, 0) is 7.05 Å². The standard InChI is InChI=1S/C13H15N/c1-4-10(2)13-9-11-7-5-6-8-12(11)14(13)3/h5-9H,2,4H2,1,3H3. The zero-order valence-corrected chi connectivity index (χ0v) is 8.75. The fourth-order valence-corrected chi connectivity index (χ4v) is 1.81. The van der Waals surface area contributed by atoms with E-state index in [9.17, 15) is 0 Å². The Morgan fingerprint density at radius 2 is 2.07 bits per heavy atom. The first-order valence-electron chi connectivity index (χ1n) is 4.96. The van der Waals surface area contributed by atoms with E-state index < -0.39 is 0 Å². The Morgan fingerprint density at radius 1 is 1.36 bits per heavy atom. The van der Waals surface area contributed by atoms with Gasteiger partial charge in [-0.1, -0.05) is 31.7 Å². The van der Waals surface area contributed by atoms with Gasteiger partial charge in [-0.2, -0.15) is 0 Å². The van der Waals surface area contributed by atoms with Crippen LogP contribution in [0.3, 0.4) is 0 Å². The minimum Gasteiger partial charge on any atom is -0.344 e. The van der Waals surface area contributed by atoms with Crippen LogP contribution in [0, 0.1) is 0 Å². The first-order valence-corrected chi connectivity index (χ1v) is 4.96. The van der Waals surface area contributed by atoms with Gasteiger partial charge >= 0.3 is 0 Å². The lowest BCUT2D eigenvalue weighted by Crippen LogP contribution is -1.93. The van der Waals surface area contributed by atoms with E-state index in [-0.39, 0.29) is 0 Å². The molecule has 14 heavy (non-hydrogen) atoms. The molecular formula is C13H15N. The molecule has 0 bridgehead atoms. The van der Waals surface area contributed by atoms with Crippen LogP contribution in [0.1, 0.15) is 19.0 Å². The number of nitrogens with zero attached hydrogens (tertiary/aromatic N) is 1. The Labute approximate surface area is 84.7 Å². The fourth-order valence-electron chi connectivity index (χ4n) is 1.81. The van der Waals surface area contributed by atoms with Gasteiger partial charge in [0.2, 0.25) is 0 Å². The van der Waals surface area contributed by atoms with Gasteiger partial charge in [0.05, 0.1) is 0 Å². The maximum Gasteiger partial charge on any atom is 0.0482 e.